The Morgan fingerprint density at radius 3 is 1.86 bits per heavy atom. The molecule has 3 aromatic heterocycles. The van der Waals surface area contributed by atoms with Crippen LogP contribution in [0.2, 0.25) is 0 Å². The van der Waals surface area contributed by atoms with E-state index in [1.807, 2.05) is 24.4 Å². The molecular weight excluding hydrogens is 715 g/mol. The molecule has 0 saturated heterocycles. The summed E-state index contributed by atoms with van der Waals surface area (Å²) in [5.41, 5.74) is 11.0. The van der Waals surface area contributed by atoms with E-state index >= 15 is 0 Å². The number of rotatable bonds is 15. The molecule has 0 spiro atoms. The van der Waals surface area contributed by atoms with Gasteiger partial charge in [0.25, 0.3) is 0 Å². The van der Waals surface area contributed by atoms with E-state index in [-0.39, 0.29) is 0 Å². The molecule has 7 heteroatoms. The molecule has 5 aromatic carbocycles. The van der Waals surface area contributed by atoms with Crippen molar-refractivity contribution in [3.63, 3.8) is 0 Å². The highest BCUT2D eigenvalue weighted by atomic mass is 16.3. The quantitative estimate of drug-likeness (QED) is 0.0964. The average molecular weight is 764 g/mol. The number of pyridine rings is 1. The van der Waals surface area contributed by atoms with Crippen LogP contribution in [0, 0.1) is 0 Å². The van der Waals surface area contributed by atoms with Crippen LogP contribution >= 0.6 is 0 Å². The van der Waals surface area contributed by atoms with Gasteiger partial charge in [-0.15, -0.1) is 0 Å². The lowest BCUT2D eigenvalue weighted by Gasteiger charge is -2.23. The summed E-state index contributed by atoms with van der Waals surface area (Å²) in [6.45, 7) is 3.70. The molecule has 0 amide bonds. The van der Waals surface area contributed by atoms with Crippen LogP contribution in [0.25, 0.3) is 55.1 Å². The Morgan fingerprint density at radius 1 is 0.483 bits per heavy atom. The smallest absolute Gasteiger partial charge is 0.159 e. The summed E-state index contributed by atoms with van der Waals surface area (Å²) in [7, 11) is 0. The van der Waals surface area contributed by atoms with E-state index in [1.54, 1.807) is 0 Å². The maximum atomic E-state index is 6.62. The normalized spacial score (nSPS) is 14.1. The second-order valence-corrected chi connectivity index (χ2v) is 15.8. The molecule has 5 heterocycles. The maximum Gasteiger partial charge on any atom is 0.159 e. The Kier molecular flexibility index (Phi) is 10.0. The number of para-hydroxylation sites is 3. The van der Waals surface area contributed by atoms with Gasteiger partial charge in [0.15, 0.2) is 11.2 Å². The van der Waals surface area contributed by atoms with Gasteiger partial charge in [0.05, 0.1) is 30.4 Å². The van der Waals surface area contributed by atoms with Gasteiger partial charge in [0, 0.05) is 71.2 Å². The summed E-state index contributed by atoms with van der Waals surface area (Å²) in [6, 6.07) is 42.7. The van der Waals surface area contributed by atoms with Crippen molar-refractivity contribution in [2.45, 2.75) is 51.4 Å². The first-order valence-electron chi connectivity index (χ1n) is 21.0. The lowest BCUT2D eigenvalue weighted by atomic mass is 9.99. The predicted octanol–water partition coefficient (Wildman–Crippen LogP) is 12.5. The molecule has 0 radical (unpaired) electrons. The van der Waals surface area contributed by atoms with Crippen molar-refractivity contribution < 1.29 is 8.83 Å². The Balaban J connectivity index is 0.708. The van der Waals surface area contributed by atoms with Crippen molar-refractivity contribution in [2.75, 3.05) is 36.2 Å². The van der Waals surface area contributed by atoms with E-state index in [0.717, 1.165) is 91.5 Å². The first-order chi connectivity index (χ1) is 28.7. The summed E-state index contributed by atoms with van der Waals surface area (Å²) in [6.07, 6.45) is 20.0. The number of unbranched alkanes of at least 4 members (excludes halogenated alkanes) is 4. The van der Waals surface area contributed by atoms with Gasteiger partial charge in [-0.1, -0.05) is 104 Å². The largest absolute Gasteiger partial charge is 0.454 e. The molecule has 10 rings (SSSR count). The van der Waals surface area contributed by atoms with Crippen molar-refractivity contribution in [3.8, 4) is 11.3 Å². The number of anilines is 2. The van der Waals surface area contributed by atoms with Crippen molar-refractivity contribution in [1.82, 2.24) is 14.8 Å². The first-order valence-corrected chi connectivity index (χ1v) is 21.0. The van der Waals surface area contributed by atoms with Crippen LogP contribution in [0.4, 0.5) is 11.4 Å². The van der Waals surface area contributed by atoms with Gasteiger partial charge in [0.2, 0.25) is 0 Å². The number of fused-ring (bicyclic) bond motifs is 6. The van der Waals surface area contributed by atoms with Crippen molar-refractivity contribution in [2.24, 2.45) is 0 Å². The number of nitrogens with zero attached hydrogens (tertiary/aromatic N) is 5. The van der Waals surface area contributed by atoms with Gasteiger partial charge in [-0.05, 0) is 80.0 Å². The highest BCUT2D eigenvalue weighted by Crippen LogP contribution is 2.40. The second-order valence-electron chi connectivity index (χ2n) is 15.8. The van der Waals surface area contributed by atoms with E-state index in [4.69, 9.17) is 13.8 Å². The molecule has 0 aliphatic carbocycles. The van der Waals surface area contributed by atoms with Crippen LogP contribution in [-0.4, -0.2) is 41.2 Å². The Hall–Kier alpha value is -6.47. The first kappa shape index (κ1) is 35.9. The number of hydrogen-bond acceptors (Lipinski definition) is 7. The zero-order valence-corrected chi connectivity index (χ0v) is 33.0. The van der Waals surface area contributed by atoms with Gasteiger partial charge in [-0.3, -0.25) is 4.98 Å². The third-order valence-electron chi connectivity index (χ3n) is 11.9. The lowest BCUT2D eigenvalue weighted by molar-refractivity contribution is 0.354. The standard InChI is InChI=1S/C51H49N5O2/c1(4-15-38-25-27-44(52-35-38)39-16-6-3-7-17-39)2-5-18-40-26-28-46(51-49(40)43-20-9-11-24-48(43)58-51)56-34-32-54(37-56)30-13-12-29-53-31-33-55(36-53)45-22-14-21-42-41-19-8-10-23-47(41)57-50(42)45/h3,6-11,14,16-17,19-28,31-35H,1-2,4-5,12-13,15,18,29-30,36-37H2. The van der Waals surface area contributed by atoms with Gasteiger partial charge in [0.1, 0.15) is 11.2 Å². The summed E-state index contributed by atoms with van der Waals surface area (Å²) in [5.74, 6) is 0. The third kappa shape index (κ3) is 7.29. The van der Waals surface area contributed by atoms with Gasteiger partial charge in [-0.2, -0.15) is 0 Å². The Bertz CT molecular complexity index is 2730. The van der Waals surface area contributed by atoms with Crippen LogP contribution < -0.4 is 9.80 Å². The van der Waals surface area contributed by atoms with E-state index in [9.17, 15) is 0 Å². The summed E-state index contributed by atoms with van der Waals surface area (Å²) >= 11 is 0. The molecular formula is C51H49N5O2. The Labute approximate surface area is 340 Å². The van der Waals surface area contributed by atoms with E-state index in [2.05, 4.69) is 148 Å². The topological polar surface area (TPSA) is 52.1 Å². The van der Waals surface area contributed by atoms with Gasteiger partial charge in [-0.25, -0.2) is 0 Å². The van der Waals surface area contributed by atoms with E-state index < -0.39 is 0 Å². The molecule has 0 bridgehead atoms. The van der Waals surface area contributed by atoms with E-state index in [1.165, 1.54) is 63.9 Å². The zero-order valence-electron chi connectivity index (χ0n) is 33.0. The highest BCUT2D eigenvalue weighted by Gasteiger charge is 2.22. The van der Waals surface area contributed by atoms with Gasteiger partial charge >= 0.3 is 0 Å². The molecule has 290 valence electrons. The molecule has 0 fully saturated rings. The van der Waals surface area contributed by atoms with Crippen molar-refractivity contribution >= 4 is 55.3 Å². The molecule has 2 aliphatic heterocycles. The third-order valence-corrected chi connectivity index (χ3v) is 11.9. The fourth-order valence-electron chi connectivity index (χ4n) is 8.79. The minimum absolute atomic E-state index is 0.828. The average Bonchev–Trinajstić information content (AvgIpc) is 4.09. The second kappa shape index (κ2) is 16.2. The minimum Gasteiger partial charge on any atom is -0.454 e. The van der Waals surface area contributed by atoms with Crippen molar-refractivity contribution in [3.05, 3.63) is 163 Å². The van der Waals surface area contributed by atoms with Crippen LogP contribution in [0.1, 0.15) is 49.7 Å². The SMILES string of the molecule is C1=CN(c2cccc3c2oc2ccccc23)CN1CCCCN1C=CN(c2ccc(CCCCCCc3ccc(-c4ccccc4)nc3)c3c2oc2ccccc23)C1. The fourth-order valence-corrected chi connectivity index (χ4v) is 8.79. The monoisotopic (exact) mass is 763 g/mol. The predicted molar refractivity (Wildman–Crippen MR) is 239 cm³/mol. The number of furan rings is 2. The minimum atomic E-state index is 0.828. The summed E-state index contributed by atoms with van der Waals surface area (Å²) in [5, 5.41) is 4.82. The molecule has 8 aromatic rings. The lowest BCUT2D eigenvalue weighted by Crippen LogP contribution is -2.28. The van der Waals surface area contributed by atoms with Gasteiger partial charge < -0.3 is 28.4 Å². The molecule has 0 atom stereocenters. The highest BCUT2D eigenvalue weighted by molar-refractivity contribution is 6.11. The molecule has 0 unspecified atom stereocenters. The molecule has 0 saturated carbocycles. The number of hydrogen-bond donors (Lipinski definition) is 0. The van der Waals surface area contributed by atoms with Crippen LogP contribution in [-0.2, 0) is 12.8 Å². The van der Waals surface area contributed by atoms with Crippen LogP contribution in [0.15, 0.2) is 161 Å². The van der Waals surface area contributed by atoms with Crippen LogP contribution in [0.5, 0.6) is 0 Å². The summed E-state index contributed by atoms with van der Waals surface area (Å²) < 4.78 is 12.9. The molecule has 0 N–H and O–H groups in total. The molecule has 2 aliphatic rings. The van der Waals surface area contributed by atoms with E-state index in [0.29, 0.717) is 0 Å². The zero-order chi connectivity index (χ0) is 38.7. The summed E-state index contributed by atoms with van der Waals surface area (Å²) in [4.78, 5) is 14.2. The molecule has 58 heavy (non-hydrogen) atoms. The molecule has 7 nitrogen and oxygen atoms in total. The Morgan fingerprint density at radius 2 is 1.12 bits per heavy atom. The van der Waals surface area contributed by atoms with Crippen LogP contribution in [0.3, 0.4) is 0 Å². The number of benzene rings is 5. The maximum absolute atomic E-state index is 6.62. The fraction of sp³-hybridized carbons (Fsp3) is 0.235. The van der Waals surface area contributed by atoms with Crippen molar-refractivity contribution in [1.29, 1.82) is 0 Å². The number of aromatic nitrogens is 1. The number of aryl methyl sites for hydroxylation is 2.